The van der Waals surface area contributed by atoms with Gasteiger partial charge in [0.2, 0.25) is 0 Å². The molecule has 2 rings (SSSR count). The molecule has 0 radical (unpaired) electrons. The van der Waals surface area contributed by atoms with E-state index in [2.05, 4.69) is 0 Å². The second-order valence-corrected chi connectivity index (χ2v) is 4.67. The topological polar surface area (TPSA) is 43.7 Å². The SMILES string of the molecule is C[C@@H](O)c1ccc(N2CCC(CO)C2)c(F)c1. The Morgan fingerprint density at radius 1 is 1.53 bits per heavy atom. The Labute approximate surface area is 100 Å². The van der Waals surface area contributed by atoms with E-state index in [4.69, 9.17) is 5.11 Å². The van der Waals surface area contributed by atoms with Gasteiger partial charge in [-0.05, 0) is 31.0 Å². The zero-order chi connectivity index (χ0) is 12.4. The average molecular weight is 239 g/mol. The molecule has 1 heterocycles. The van der Waals surface area contributed by atoms with Crippen LogP contribution in [0.1, 0.15) is 25.0 Å². The van der Waals surface area contributed by atoms with Crippen LogP contribution in [0.2, 0.25) is 0 Å². The summed E-state index contributed by atoms with van der Waals surface area (Å²) in [7, 11) is 0. The Balaban J connectivity index is 2.17. The van der Waals surface area contributed by atoms with E-state index in [9.17, 15) is 9.50 Å². The predicted molar refractivity (Wildman–Crippen MR) is 64.4 cm³/mol. The van der Waals surface area contributed by atoms with Crippen LogP contribution < -0.4 is 4.90 Å². The molecule has 0 amide bonds. The second kappa shape index (κ2) is 5.02. The number of rotatable bonds is 3. The summed E-state index contributed by atoms with van der Waals surface area (Å²) in [6.07, 6.45) is 0.246. The van der Waals surface area contributed by atoms with Gasteiger partial charge in [-0.25, -0.2) is 4.39 Å². The molecule has 1 unspecified atom stereocenters. The molecule has 1 aromatic rings. The minimum absolute atomic E-state index is 0.157. The monoisotopic (exact) mass is 239 g/mol. The van der Waals surface area contributed by atoms with Gasteiger partial charge in [-0.2, -0.15) is 0 Å². The normalized spacial score (nSPS) is 21.9. The molecule has 0 aromatic heterocycles. The van der Waals surface area contributed by atoms with Crippen LogP contribution in [0.4, 0.5) is 10.1 Å². The summed E-state index contributed by atoms with van der Waals surface area (Å²) in [4.78, 5) is 1.95. The molecule has 0 saturated carbocycles. The van der Waals surface area contributed by atoms with Gasteiger partial charge in [0, 0.05) is 25.6 Å². The van der Waals surface area contributed by atoms with Crippen LogP contribution in [0.25, 0.3) is 0 Å². The molecule has 1 aliphatic heterocycles. The zero-order valence-corrected chi connectivity index (χ0v) is 9.93. The van der Waals surface area contributed by atoms with Gasteiger partial charge >= 0.3 is 0 Å². The highest BCUT2D eigenvalue weighted by atomic mass is 19.1. The average Bonchev–Trinajstić information content (AvgIpc) is 2.77. The van der Waals surface area contributed by atoms with Crippen molar-refractivity contribution in [3.63, 3.8) is 0 Å². The lowest BCUT2D eigenvalue weighted by molar-refractivity contribution is 0.199. The van der Waals surface area contributed by atoms with Crippen molar-refractivity contribution in [3.8, 4) is 0 Å². The first kappa shape index (κ1) is 12.3. The van der Waals surface area contributed by atoms with Crippen LogP contribution in [0.3, 0.4) is 0 Å². The van der Waals surface area contributed by atoms with Gasteiger partial charge in [-0.3, -0.25) is 0 Å². The fraction of sp³-hybridized carbons (Fsp3) is 0.538. The highest BCUT2D eigenvalue weighted by Gasteiger charge is 2.24. The maximum Gasteiger partial charge on any atom is 0.146 e. The predicted octanol–water partition coefficient (Wildman–Crippen LogP) is 1.70. The van der Waals surface area contributed by atoms with Gasteiger partial charge in [0.15, 0.2) is 0 Å². The molecular weight excluding hydrogens is 221 g/mol. The van der Waals surface area contributed by atoms with E-state index < -0.39 is 6.10 Å². The van der Waals surface area contributed by atoms with Crippen molar-refractivity contribution < 1.29 is 14.6 Å². The molecule has 1 aromatic carbocycles. The summed E-state index contributed by atoms with van der Waals surface area (Å²) in [6.45, 7) is 3.24. The highest BCUT2D eigenvalue weighted by Crippen LogP contribution is 2.28. The first-order valence-electron chi connectivity index (χ1n) is 5.95. The molecular formula is C13H18FNO2. The van der Waals surface area contributed by atoms with E-state index in [1.54, 1.807) is 19.1 Å². The third kappa shape index (κ3) is 2.58. The quantitative estimate of drug-likeness (QED) is 0.843. The van der Waals surface area contributed by atoms with Gasteiger partial charge in [0.05, 0.1) is 11.8 Å². The van der Waals surface area contributed by atoms with Gasteiger partial charge in [-0.15, -0.1) is 0 Å². The van der Waals surface area contributed by atoms with Crippen molar-refractivity contribution in [1.29, 1.82) is 0 Å². The Morgan fingerprint density at radius 3 is 2.82 bits per heavy atom. The first-order valence-corrected chi connectivity index (χ1v) is 5.95. The van der Waals surface area contributed by atoms with Crippen LogP contribution in [0.15, 0.2) is 18.2 Å². The number of nitrogens with zero attached hydrogens (tertiary/aromatic N) is 1. The summed E-state index contributed by atoms with van der Waals surface area (Å²) >= 11 is 0. The molecule has 4 heteroatoms. The van der Waals surface area contributed by atoms with Gasteiger partial charge in [0.25, 0.3) is 0 Å². The van der Waals surface area contributed by atoms with Crippen molar-refractivity contribution in [1.82, 2.24) is 0 Å². The van der Waals surface area contributed by atoms with Crippen molar-refractivity contribution >= 4 is 5.69 Å². The van der Waals surface area contributed by atoms with Crippen LogP contribution in [-0.2, 0) is 0 Å². The Kier molecular flexibility index (Phi) is 3.64. The number of aliphatic hydroxyl groups excluding tert-OH is 2. The number of halogens is 1. The van der Waals surface area contributed by atoms with Crippen molar-refractivity contribution in [2.45, 2.75) is 19.4 Å². The first-order chi connectivity index (χ1) is 8.11. The highest BCUT2D eigenvalue weighted by molar-refractivity contribution is 5.50. The van der Waals surface area contributed by atoms with E-state index in [-0.39, 0.29) is 18.3 Å². The fourth-order valence-electron chi connectivity index (χ4n) is 2.24. The van der Waals surface area contributed by atoms with Crippen LogP contribution in [0, 0.1) is 11.7 Å². The Morgan fingerprint density at radius 2 is 2.29 bits per heavy atom. The molecule has 1 fully saturated rings. The molecule has 0 spiro atoms. The van der Waals surface area contributed by atoms with Crippen molar-refractivity contribution in [2.24, 2.45) is 5.92 Å². The lowest BCUT2D eigenvalue weighted by Crippen LogP contribution is -2.21. The molecule has 2 N–H and O–H groups in total. The standard InChI is InChI=1S/C13H18FNO2/c1-9(17)11-2-3-13(12(14)6-11)15-5-4-10(7-15)8-16/h2-3,6,9-10,16-17H,4-5,7-8H2,1H3/t9-,10?/m1/s1. The zero-order valence-electron chi connectivity index (χ0n) is 9.93. The molecule has 1 saturated heterocycles. The smallest absolute Gasteiger partial charge is 0.146 e. The maximum absolute atomic E-state index is 13.9. The minimum atomic E-state index is -0.651. The molecule has 1 aliphatic rings. The lowest BCUT2D eigenvalue weighted by atomic mass is 10.1. The third-order valence-corrected chi connectivity index (χ3v) is 3.34. The summed E-state index contributed by atoms with van der Waals surface area (Å²) in [5.41, 5.74) is 1.15. The minimum Gasteiger partial charge on any atom is -0.396 e. The molecule has 2 atom stereocenters. The molecule has 3 nitrogen and oxygen atoms in total. The van der Waals surface area contributed by atoms with Crippen LogP contribution in [-0.4, -0.2) is 29.9 Å². The van der Waals surface area contributed by atoms with E-state index in [1.807, 2.05) is 4.90 Å². The van der Waals surface area contributed by atoms with Crippen LogP contribution >= 0.6 is 0 Å². The number of hydrogen-bond donors (Lipinski definition) is 2. The van der Waals surface area contributed by atoms with Crippen molar-refractivity contribution in [3.05, 3.63) is 29.6 Å². The molecule has 17 heavy (non-hydrogen) atoms. The number of benzene rings is 1. The van der Waals surface area contributed by atoms with E-state index in [0.717, 1.165) is 13.0 Å². The maximum atomic E-state index is 13.9. The number of anilines is 1. The summed E-state index contributed by atoms with van der Waals surface area (Å²) in [5.74, 6) is -0.0622. The van der Waals surface area contributed by atoms with Gasteiger partial charge in [0.1, 0.15) is 5.82 Å². The number of hydrogen-bond acceptors (Lipinski definition) is 3. The Bertz CT molecular complexity index is 395. The summed E-state index contributed by atoms with van der Waals surface area (Å²) in [6, 6.07) is 4.83. The Hall–Kier alpha value is -1.13. The number of aliphatic hydroxyl groups is 2. The van der Waals surface area contributed by atoms with Crippen molar-refractivity contribution in [2.75, 3.05) is 24.6 Å². The van der Waals surface area contributed by atoms with Gasteiger partial charge in [-0.1, -0.05) is 6.07 Å². The van der Waals surface area contributed by atoms with E-state index >= 15 is 0 Å². The largest absolute Gasteiger partial charge is 0.396 e. The molecule has 0 bridgehead atoms. The summed E-state index contributed by atoms with van der Waals surface area (Å²) in [5, 5.41) is 18.4. The van der Waals surface area contributed by atoms with Gasteiger partial charge < -0.3 is 15.1 Å². The second-order valence-electron chi connectivity index (χ2n) is 4.67. The fourth-order valence-corrected chi connectivity index (χ4v) is 2.24. The van der Waals surface area contributed by atoms with Crippen LogP contribution in [0.5, 0.6) is 0 Å². The summed E-state index contributed by atoms with van der Waals surface area (Å²) < 4.78 is 13.9. The lowest BCUT2D eigenvalue weighted by Gasteiger charge is -2.20. The molecule has 0 aliphatic carbocycles. The molecule has 94 valence electrons. The van der Waals surface area contributed by atoms with E-state index in [1.165, 1.54) is 6.07 Å². The van der Waals surface area contributed by atoms with E-state index in [0.29, 0.717) is 17.8 Å². The third-order valence-electron chi connectivity index (χ3n) is 3.34.